The lowest BCUT2D eigenvalue weighted by molar-refractivity contribution is 0.0102. The topological polar surface area (TPSA) is 56.1 Å². The van der Waals surface area contributed by atoms with Crippen LogP contribution in [0, 0.1) is 6.92 Å². The minimum absolute atomic E-state index is 0.134. The van der Waals surface area contributed by atoms with Crippen LogP contribution >= 0.6 is 0 Å². The third kappa shape index (κ3) is 7.32. The SMILES string of the molecule is Cc1cccc(COC(=O)Nc2cnn(CCCCC(C)(F)F)c2)c1. The summed E-state index contributed by atoms with van der Waals surface area (Å²) in [6.07, 6.45) is 3.48. The Labute approximate surface area is 146 Å². The van der Waals surface area contributed by atoms with Gasteiger partial charge in [0.05, 0.1) is 11.9 Å². The molecule has 1 N–H and O–H groups in total. The highest BCUT2D eigenvalue weighted by molar-refractivity contribution is 5.84. The molecule has 1 aromatic heterocycles. The first-order chi connectivity index (χ1) is 11.8. The van der Waals surface area contributed by atoms with Gasteiger partial charge < -0.3 is 4.74 Å². The average Bonchev–Trinajstić information content (AvgIpc) is 2.96. The number of halogens is 2. The second-order valence-electron chi connectivity index (χ2n) is 6.21. The molecule has 0 bridgehead atoms. The number of amides is 1. The molecule has 2 aromatic rings. The molecule has 0 aliphatic rings. The van der Waals surface area contributed by atoms with E-state index in [1.165, 1.54) is 6.20 Å². The number of hydrogen-bond acceptors (Lipinski definition) is 3. The van der Waals surface area contributed by atoms with E-state index in [9.17, 15) is 13.6 Å². The molecule has 0 saturated heterocycles. The molecular weight excluding hydrogens is 328 g/mol. The normalized spacial score (nSPS) is 11.4. The van der Waals surface area contributed by atoms with Gasteiger partial charge in [0.2, 0.25) is 5.92 Å². The standard InChI is InChI=1S/C18H23F2N3O2/c1-14-6-5-7-15(10-14)13-25-17(24)22-16-11-21-23(12-16)9-4-3-8-18(2,19)20/h5-7,10-12H,3-4,8-9,13H2,1-2H3,(H,22,24). The van der Waals surface area contributed by atoms with Crippen LogP contribution in [0.1, 0.15) is 37.3 Å². The molecule has 1 amide bonds. The number of benzene rings is 1. The van der Waals surface area contributed by atoms with E-state index >= 15 is 0 Å². The summed E-state index contributed by atoms with van der Waals surface area (Å²) < 4.78 is 32.2. The van der Waals surface area contributed by atoms with Gasteiger partial charge in [-0.15, -0.1) is 0 Å². The largest absolute Gasteiger partial charge is 0.444 e. The molecule has 0 aliphatic carbocycles. The van der Waals surface area contributed by atoms with Gasteiger partial charge in [0, 0.05) is 19.2 Å². The Morgan fingerprint density at radius 1 is 1.36 bits per heavy atom. The molecule has 1 heterocycles. The quantitative estimate of drug-likeness (QED) is 0.697. The molecule has 5 nitrogen and oxygen atoms in total. The lowest BCUT2D eigenvalue weighted by Gasteiger charge is -2.09. The van der Waals surface area contributed by atoms with Crippen molar-refractivity contribution < 1.29 is 18.3 Å². The van der Waals surface area contributed by atoms with Gasteiger partial charge in [-0.1, -0.05) is 29.8 Å². The summed E-state index contributed by atoms with van der Waals surface area (Å²) in [6, 6.07) is 7.72. The second kappa shape index (κ2) is 8.60. The van der Waals surface area contributed by atoms with E-state index in [1.54, 1.807) is 10.9 Å². The lowest BCUT2D eigenvalue weighted by Crippen LogP contribution is -2.13. The van der Waals surface area contributed by atoms with Crippen molar-refractivity contribution in [2.45, 2.75) is 52.2 Å². The number of unbranched alkanes of at least 4 members (excludes halogenated alkanes) is 1. The summed E-state index contributed by atoms with van der Waals surface area (Å²) in [4.78, 5) is 11.8. The third-order valence-corrected chi connectivity index (χ3v) is 3.59. The number of nitrogens with one attached hydrogen (secondary N) is 1. The Hall–Kier alpha value is -2.44. The van der Waals surface area contributed by atoms with E-state index in [2.05, 4.69) is 10.4 Å². The van der Waals surface area contributed by atoms with Crippen molar-refractivity contribution in [3.8, 4) is 0 Å². The zero-order chi connectivity index (χ0) is 18.3. The van der Waals surface area contributed by atoms with E-state index in [0.29, 0.717) is 25.1 Å². The van der Waals surface area contributed by atoms with Crippen LogP contribution in [0.4, 0.5) is 19.3 Å². The number of carbonyl (C=O) groups is 1. The molecule has 0 radical (unpaired) electrons. The van der Waals surface area contributed by atoms with Crippen molar-refractivity contribution in [1.82, 2.24) is 9.78 Å². The predicted octanol–water partition coefficient (Wildman–Crippen LogP) is 4.77. The fraction of sp³-hybridized carbons (Fsp3) is 0.444. The number of aryl methyl sites for hydroxylation is 2. The molecule has 1 aromatic carbocycles. The Kier molecular flexibility index (Phi) is 6.50. The number of carbonyl (C=O) groups excluding carboxylic acids is 1. The molecule has 0 spiro atoms. The second-order valence-corrected chi connectivity index (χ2v) is 6.21. The van der Waals surface area contributed by atoms with Gasteiger partial charge in [-0.05, 0) is 32.3 Å². The highest BCUT2D eigenvalue weighted by atomic mass is 19.3. The Morgan fingerprint density at radius 3 is 2.88 bits per heavy atom. The minimum atomic E-state index is -2.63. The molecular formula is C18H23F2N3O2. The highest BCUT2D eigenvalue weighted by Gasteiger charge is 2.19. The molecule has 136 valence electrons. The van der Waals surface area contributed by atoms with Crippen molar-refractivity contribution in [3.05, 3.63) is 47.8 Å². The Bertz CT molecular complexity index is 696. The summed E-state index contributed by atoms with van der Waals surface area (Å²) in [5.41, 5.74) is 2.53. The predicted molar refractivity (Wildman–Crippen MR) is 91.7 cm³/mol. The van der Waals surface area contributed by atoms with Crippen LogP contribution in [-0.4, -0.2) is 21.8 Å². The van der Waals surface area contributed by atoms with Crippen LogP contribution < -0.4 is 5.32 Å². The third-order valence-electron chi connectivity index (χ3n) is 3.59. The number of anilines is 1. The maximum absolute atomic E-state index is 12.7. The van der Waals surface area contributed by atoms with E-state index in [4.69, 9.17) is 4.74 Å². The van der Waals surface area contributed by atoms with Crippen LogP contribution in [0.15, 0.2) is 36.7 Å². The van der Waals surface area contributed by atoms with Gasteiger partial charge >= 0.3 is 6.09 Å². The summed E-state index contributed by atoms with van der Waals surface area (Å²) >= 11 is 0. The first-order valence-corrected chi connectivity index (χ1v) is 8.21. The van der Waals surface area contributed by atoms with Crippen molar-refractivity contribution in [2.75, 3.05) is 5.32 Å². The van der Waals surface area contributed by atoms with Crippen LogP contribution in [0.2, 0.25) is 0 Å². The molecule has 0 fully saturated rings. The van der Waals surface area contributed by atoms with Crippen LogP contribution in [0.25, 0.3) is 0 Å². The molecule has 0 saturated carbocycles. The average molecular weight is 351 g/mol. The molecule has 2 rings (SSSR count). The van der Waals surface area contributed by atoms with Gasteiger partial charge in [-0.3, -0.25) is 10.00 Å². The van der Waals surface area contributed by atoms with Crippen LogP contribution in [-0.2, 0) is 17.9 Å². The number of nitrogens with zero attached hydrogens (tertiary/aromatic N) is 2. The summed E-state index contributed by atoms with van der Waals surface area (Å²) in [5.74, 6) is -2.63. The minimum Gasteiger partial charge on any atom is -0.444 e. The zero-order valence-corrected chi connectivity index (χ0v) is 14.5. The molecule has 0 aliphatic heterocycles. The lowest BCUT2D eigenvalue weighted by atomic mass is 10.1. The highest BCUT2D eigenvalue weighted by Crippen LogP contribution is 2.20. The first kappa shape index (κ1) is 18.9. The van der Waals surface area contributed by atoms with Gasteiger partial charge in [0.1, 0.15) is 6.61 Å². The van der Waals surface area contributed by atoms with E-state index < -0.39 is 12.0 Å². The maximum Gasteiger partial charge on any atom is 0.412 e. The van der Waals surface area contributed by atoms with Gasteiger partial charge in [-0.2, -0.15) is 5.10 Å². The first-order valence-electron chi connectivity index (χ1n) is 8.21. The van der Waals surface area contributed by atoms with E-state index in [1.807, 2.05) is 31.2 Å². The number of rotatable bonds is 8. The van der Waals surface area contributed by atoms with Crippen molar-refractivity contribution >= 4 is 11.8 Å². The summed E-state index contributed by atoms with van der Waals surface area (Å²) in [6.45, 7) is 3.61. The van der Waals surface area contributed by atoms with Gasteiger partial charge in [0.15, 0.2) is 0 Å². The number of hydrogen-bond donors (Lipinski definition) is 1. The smallest absolute Gasteiger partial charge is 0.412 e. The van der Waals surface area contributed by atoms with E-state index in [0.717, 1.165) is 18.1 Å². The van der Waals surface area contributed by atoms with Crippen LogP contribution in [0.5, 0.6) is 0 Å². The van der Waals surface area contributed by atoms with E-state index in [-0.39, 0.29) is 13.0 Å². The number of alkyl halides is 2. The van der Waals surface area contributed by atoms with Gasteiger partial charge in [-0.25, -0.2) is 13.6 Å². The monoisotopic (exact) mass is 351 g/mol. The van der Waals surface area contributed by atoms with Crippen molar-refractivity contribution in [1.29, 1.82) is 0 Å². The molecule has 0 unspecified atom stereocenters. The van der Waals surface area contributed by atoms with Crippen molar-refractivity contribution in [2.24, 2.45) is 0 Å². The maximum atomic E-state index is 12.7. The van der Waals surface area contributed by atoms with Crippen LogP contribution in [0.3, 0.4) is 0 Å². The number of ether oxygens (including phenoxy) is 1. The van der Waals surface area contributed by atoms with Gasteiger partial charge in [0.25, 0.3) is 0 Å². The molecule has 7 heteroatoms. The fourth-order valence-electron chi connectivity index (χ4n) is 2.36. The summed E-state index contributed by atoms with van der Waals surface area (Å²) in [5, 5.41) is 6.69. The number of aromatic nitrogens is 2. The zero-order valence-electron chi connectivity index (χ0n) is 14.5. The fourth-order valence-corrected chi connectivity index (χ4v) is 2.36. The molecule has 25 heavy (non-hydrogen) atoms. The Morgan fingerprint density at radius 2 is 2.16 bits per heavy atom. The Balaban J connectivity index is 1.72. The summed E-state index contributed by atoms with van der Waals surface area (Å²) in [7, 11) is 0. The molecule has 0 atom stereocenters. The van der Waals surface area contributed by atoms with Crippen molar-refractivity contribution in [3.63, 3.8) is 0 Å².